The summed E-state index contributed by atoms with van der Waals surface area (Å²) in [6, 6.07) is 5.94. The lowest BCUT2D eigenvalue weighted by Crippen LogP contribution is -2.38. The number of aromatic hydroxyl groups is 1. The summed E-state index contributed by atoms with van der Waals surface area (Å²) < 4.78 is 5.28. The summed E-state index contributed by atoms with van der Waals surface area (Å²) in [5.74, 6) is 0.669. The second-order valence-electron chi connectivity index (χ2n) is 7.33. The van der Waals surface area contributed by atoms with Crippen molar-refractivity contribution < 1.29 is 14.6 Å². The van der Waals surface area contributed by atoms with Crippen LogP contribution in [0.1, 0.15) is 45.6 Å². The molecule has 1 aliphatic carbocycles. The highest BCUT2D eigenvalue weighted by molar-refractivity contribution is 5.67. The van der Waals surface area contributed by atoms with Crippen molar-refractivity contribution in [3.8, 4) is 5.75 Å². The molecule has 0 saturated heterocycles. The Kier molecular flexibility index (Phi) is 5.39. The zero-order valence-corrected chi connectivity index (χ0v) is 14.5. The highest BCUT2D eigenvalue weighted by Crippen LogP contribution is 2.30. The average Bonchev–Trinajstić information content (AvgIpc) is 2.86. The van der Waals surface area contributed by atoms with Gasteiger partial charge in [-0.2, -0.15) is 0 Å². The zero-order valence-electron chi connectivity index (χ0n) is 14.5. The summed E-state index contributed by atoms with van der Waals surface area (Å²) in [5, 5.41) is 16.2. The van der Waals surface area contributed by atoms with E-state index in [9.17, 15) is 9.90 Å². The number of alkyl carbamates (subject to hydrolysis) is 1. The van der Waals surface area contributed by atoms with Crippen LogP contribution in [0, 0.1) is 12.8 Å². The van der Waals surface area contributed by atoms with Gasteiger partial charge in [0.1, 0.15) is 11.4 Å². The van der Waals surface area contributed by atoms with Crippen LogP contribution in [0.3, 0.4) is 0 Å². The maximum Gasteiger partial charge on any atom is 0.407 e. The molecule has 5 nitrogen and oxygen atoms in total. The first-order chi connectivity index (χ1) is 10.7. The van der Waals surface area contributed by atoms with Crippen LogP contribution in [-0.4, -0.2) is 29.4 Å². The molecule has 1 fully saturated rings. The van der Waals surface area contributed by atoms with Crippen molar-refractivity contribution in [3.63, 3.8) is 0 Å². The molecule has 5 heteroatoms. The molecule has 1 aromatic carbocycles. The molecular weight excluding hydrogens is 292 g/mol. The second kappa shape index (κ2) is 7.11. The van der Waals surface area contributed by atoms with Gasteiger partial charge in [0, 0.05) is 24.3 Å². The van der Waals surface area contributed by atoms with Gasteiger partial charge in [0.15, 0.2) is 0 Å². The van der Waals surface area contributed by atoms with E-state index in [1.807, 2.05) is 39.8 Å². The van der Waals surface area contributed by atoms with Crippen LogP contribution in [0.4, 0.5) is 10.5 Å². The number of phenols is 1. The average molecular weight is 320 g/mol. The van der Waals surface area contributed by atoms with Gasteiger partial charge in [-0.15, -0.1) is 0 Å². The van der Waals surface area contributed by atoms with Crippen LogP contribution in [0.15, 0.2) is 18.2 Å². The van der Waals surface area contributed by atoms with Crippen LogP contribution in [0.2, 0.25) is 0 Å². The van der Waals surface area contributed by atoms with Crippen molar-refractivity contribution >= 4 is 11.8 Å². The van der Waals surface area contributed by atoms with Gasteiger partial charge in [-0.1, -0.05) is 12.5 Å². The number of benzene rings is 1. The molecule has 23 heavy (non-hydrogen) atoms. The Morgan fingerprint density at radius 1 is 1.35 bits per heavy atom. The number of hydrogen-bond donors (Lipinski definition) is 3. The van der Waals surface area contributed by atoms with Gasteiger partial charge in [0.25, 0.3) is 0 Å². The predicted octanol–water partition coefficient (Wildman–Crippen LogP) is 3.81. The van der Waals surface area contributed by atoms with E-state index in [0.717, 1.165) is 30.5 Å². The first-order valence-corrected chi connectivity index (χ1v) is 8.27. The number of carbonyl (C=O) groups excluding carboxylic acids is 1. The van der Waals surface area contributed by atoms with Crippen molar-refractivity contribution in [1.29, 1.82) is 0 Å². The van der Waals surface area contributed by atoms with Gasteiger partial charge in [-0.25, -0.2) is 4.79 Å². The summed E-state index contributed by atoms with van der Waals surface area (Å²) in [5.41, 5.74) is 1.31. The monoisotopic (exact) mass is 320 g/mol. The number of amides is 1. The number of rotatable bonds is 4. The Labute approximate surface area is 138 Å². The fourth-order valence-corrected chi connectivity index (χ4v) is 2.91. The van der Waals surface area contributed by atoms with E-state index >= 15 is 0 Å². The molecule has 2 rings (SSSR count). The Hall–Kier alpha value is -1.91. The highest BCUT2D eigenvalue weighted by atomic mass is 16.6. The van der Waals surface area contributed by atoms with E-state index in [1.165, 1.54) is 0 Å². The highest BCUT2D eigenvalue weighted by Gasteiger charge is 2.28. The standard InChI is InChI=1S/C18H28N2O3/c1-12-8-9-14(10-16(12)21)20-15-7-5-6-13(15)11-19-17(22)23-18(2,3)4/h8-10,13,15,20-21H,5-7,11H2,1-4H3,(H,19,22). The largest absolute Gasteiger partial charge is 0.508 e. The van der Waals surface area contributed by atoms with Gasteiger partial charge >= 0.3 is 6.09 Å². The van der Waals surface area contributed by atoms with E-state index in [2.05, 4.69) is 10.6 Å². The number of nitrogens with one attached hydrogen (secondary N) is 2. The second-order valence-corrected chi connectivity index (χ2v) is 7.33. The van der Waals surface area contributed by atoms with E-state index < -0.39 is 5.60 Å². The third kappa shape index (κ3) is 5.34. The maximum absolute atomic E-state index is 11.8. The van der Waals surface area contributed by atoms with E-state index in [0.29, 0.717) is 24.3 Å². The summed E-state index contributed by atoms with van der Waals surface area (Å²) in [6.07, 6.45) is 2.91. The summed E-state index contributed by atoms with van der Waals surface area (Å²) in [4.78, 5) is 11.8. The zero-order chi connectivity index (χ0) is 17.0. The Morgan fingerprint density at radius 3 is 2.74 bits per heavy atom. The molecule has 1 saturated carbocycles. The van der Waals surface area contributed by atoms with Gasteiger partial charge in [-0.05, 0) is 58.1 Å². The molecule has 2 unspecified atom stereocenters. The minimum absolute atomic E-state index is 0.298. The summed E-state index contributed by atoms with van der Waals surface area (Å²) >= 11 is 0. The third-order valence-electron chi connectivity index (χ3n) is 4.13. The normalized spacial score (nSPS) is 21.0. The summed E-state index contributed by atoms with van der Waals surface area (Å²) in [6.45, 7) is 8.05. The molecular formula is C18H28N2O3. The Balaban J connectivity index is 1.87. The molecule has 1 aromatic rings. The first kappa shape index (κ1) is 17.4. The van der Waals surface area contributed by atoms with Crippen molar-refractivity contribution in [2.75, 3.05) is 11.9 Å². The van der Waals surface area contributed by atoms with Crippen molar-refractivity contribution in [2.24, 2.45) is 5.92 Å². The molecule has 0 heterocycles. The lowest BCUT2D eigenvalue weighted by atomic mass is 10.0. The van der Waals surface area contributed by atoms with E-state index in [-0.39, 0.29) is 6.09 Å². The van der Waals surface area contributed by atoms with Crippen LogP contribution in [-0.2, 0) is 4.74 Å². The van der Waals surface area contributed by atoms with Crippen molar-refractivity contribution in [3.05, 3.63) is 23.8 Å². The molecule has 0 radical (unpaired) electrons. The van der Waals surface area contributed by atoms with E-state index in [1.54, 1.807) is 6.07 Å². The van der Waals surface area contributed by atoms with Crippen molar-refractivity contribution in [2.45, 2.75) is 58.6 Å². The molecule has 0 spiro atoms. The molecule has 0 bridgehead atoms. The van der Waals surface area contributed by atoms with Gasteiger partial charge in [0.05, 0.1) is 0 Å². The molecule has 1 aliphatic rings. The number of ether oxygens (including phenoxy) is 1. The molecule has 0 aliphatic heterocycles. The number of aryl methyl sites for hydroxylation is 1. The first-order valence-electron chi connectivity index (χ1n) is 8.27. The Bertz CT molecular complexity index is 552. The lowest BCUT2D eigenvalue weighted by Gasteiger charge is -2.24. The SMILES string of the molecule is Cc1ccc(NC2CCCC2CNC(=O)OC(C)(C)C)cc1O. The lowest BCUT2D eigenvalue weighted by molar-refractivity contribution is 0.0519. The number of phenolic OH excluding ortho intramolecular Hbond substituents is 1. The van der Waals surface area contributed by atoms with Crippen LogP contribution >= 0.6 is 0 Å². The molecule has 2 atom stereocenters. The van der Waals surface area contributed by atoms with E-state index in [4.69, 9.17) is 4.74 Å². The van der Waals surface area contributed by atoms with Crippen LogP contribution in [0.5, 0.6) is 5.75 Å². The molecule has 0 aromatic heterocycles. The molecule has 3 N–H and O–H groups in total. The van der Waals surface area contributed by atoms with Crippen molar-refractivity contribution in [1.82, 2.24) is 5.32 Å². The summed E-state index contributed by atoms with van der Waals surface area (Å²) in [7, 11) is 0. The topological polar surface area (TPSA) is 70.6 Å². The molecule has 1 amide bonds. The predicted molar refractivity (Wildman–Crippen MR) is 91.8 cm³/mol. The van der Waals surface area contributed by atoms with Gasteiger partial charge in [0.2, 0.25) is 0 Å². The van der Waals surface area contributed by atoms with Crippen LogP contribution in [0.25, 0.3) is 0 Å². The van der Waals surface area contributed by atoms with Gasteiger partial charge in [-0.3, -0.25) is 0 Å². The maximum atomic E-state index is 11.8. The van der Waals surface area contributed by atoms with Crippen LogP contribution < -0.4 is 10.6 Å². The Morgan fingerprint density at radius 2 is 2.09 bits per heavy atom. The quantitative estimate of drug-likeness (QED) is 0.789. The molecule has 128 valence electrons. The number of carbonyl (C=O) groups is 1. The third-order valence-corrected chi connectivity index (χ3v) is 4.13. The fourth-order valence-electron chi connectivity index (χ4n) is 2.91. The fraction of sp³-hybridized carbons (Fsp3) is 0.611. The number of anilines is 1. The number of hydrogen-bond acceptors (Lipinski definition) is 4. The minimum Gasteiger partial charge on any atom is -0.508 e. The van der Waals surface area contributed by atoms with Gasteiger partial charge < -0.3 is 20.5 Å². The minimum atomic E-state index is -0.475. The smallest absolute Gasteiger partial charge is 0.407 e.